The quantitative estimate of drug-likeness (QED) is 0.884. The molecule has 0 heterocycles. The minimum atomic E-state index is -4.48. The van der Waals surface area contributed by atoms with Gasteiger partial charge in [-0.15, -0.1) is 0 Å². The second-order valence-electron chi connectivity index (χ2n) is 3.81. The Hall–Kier alpha value is -1.52. The lowest BCUT2D eigenvalue weighted by Gasteiger charge is -2.15. The van der Waals surface area contributed by atoms with Crippen LogP contribution < -0.4 is 0 Å². The molecule has 1 unspecified atom stereocenters. The summed E-state index contributed by atoms with van der Waals surface area (Å²) in [5.41, 5.74) is 1.15. The first kappa shape index (κ1) is 13.5. The Kier molecular flexibility index (Phi) is 4.15. The molecular formula is C12H13F3O2. The fourth-order valence-corrected chi connectivity index (χ4v) is 1.56. The molecule has 94 valence electrons. The highest BCUT2D eigenvalue weighted by atomic mass is 19.4. The van der Waals surface area contributed by atoms with Gasteiger partial charge in [0, 0.05) is 0 Å². The van der Waals surface area contributed by atoms with E-state index in [4.69, 9.17) is 5.11 Å². The summed E-state index contributed by atoms with van der Waals surface area (Å²) < 4.78 is 36.7. The van der Waals surface area contributed by atoms with E-state index in [1.807, 2.05) is 6.92 Å². The van der Waals surface area contributed by atoms with Gasteiger partial charge in [-0.1, -0.05) is 31.2 Å². The third-order valence-corrected chi connectivity index (χ3v) is 2.52. The van der Waals surface area contributed by atoms with Crippen molar-refractivity contribution in [1.82, 2.24) is 0 Å². The summed E-state index contributed by atoms with van der Waals surface area (Å²) in [5, 5.41) is 8.82. The average Bonchev–Trinajstić information content (AvgIpc) is 2.25. The van der Waals surface area contributed by atoms with Gasteiger partial charge in [0.15, 0.2) is 0 Å². The number of aryl methyl sites for hydroxylation is 1. The Morgan fingerprint density at radius 2 is 1.82 bits per heavy atom. The maximum absolute atomic E-state index is 12.2. The molecule has 0 radical (unpaired) electrons. The predicted octanol–water partition coefficient (Wildman–Crippen LogP) is 3.37. The van der Waals surface area contributed by atoms with Crippen molar-refractivity contribution < 1.29 is 23.1 Å². The minimum absolute atomic E-state index is 0.187. The SMILES string of the molecule is CCc1ccc(C(CC(F)(F)F)C(=O)O)cc1. The number of aliphatic carboxylic acids is 1. The second kappa shape index (κ2) is 5.21. The van der Waals surface area contributed by atoms with Crippen molar-refractivity contribution in [2.24, 2.45) is 0 Å². The van der Waals surface area contributed by atoms with E-state index < -0.39 is 24.5 Å². The maximum atomic E-state index is 12.2. The van der Waals surface area contributed by atoms with Crippen molar-refractivity contribution in [2.75, 3.05) is 0 Å². The summed E-state index contributed by atoms with van der Waals surface area (Å²) in [6.07, 6.45) is -5.06. The molecule has 1 rings (SSSR count). The van der Waals surface area contributed by atoms with Gasteiger partial charge < -0.3 is 5.11 Å². The van der Waals surface area contributed by atoms with Gasteiger partial charge in [0.05, 0.1) is 12.3 Å². The van der Waals surface area contributed by atoms with Crippen LogP contribution in [-0.2, 0) is 11.2 Å². The molecule has 0 aliphatic carbocycles. The van der Waals surface area contributed by atoms with E-state index in [0.717, 1.165) is 12.0 Å². The van der Waals surface area contributed by atoms with E-state index in [0.29, 0.717) is 0 Å². The molecule has 0 spiro atoms. The molecule has 0 aliphatic rings. The molecule has 1 atom stereocenters. The van der Waals surface area contributed by atoms with Gasteiger partial charge in [-0.3, -0.25) is 4.79 Å². The molecule has 0 bridgehead atoms. The van der Waals surface area contributed by atoms with Gasteiger partial charge in [0.25, 0.3) is 0 Å². The van der Waals surface area contributed by atoms with Crippen molar-refractivity contribution >= 4 is 5.97 Å². The smallest absolute Gasteiger partial charge is 0.390 e. The van der Waals surface area contributed by atoms with Crippen molar-refractivity contribution in [2.45, 2.75) is 31.9 Å². The summed E-state index contributed by atoms with van der Waals surface area (Å²) in [7, 11) is 0. The number of carboxylic acid groups (broad SMARTS) is 1. The van der Waals surface area contributed by atoms with Crippen LogP contribution in [0.2, 0.25) is 0 Å². The lowest BCUT2D eigenvalue weighted by molar-refractivity contribution is -0.157. The Labute approximate surface area is 97.1 Å². The summed E-state index contributed by atoms with van der Waals surface area (Å²) in [6.45, 7) is 1.92. The number of hydrogen-bond acceptors (Lipinski definition) is 1. The molecule has 17 heavy (non-hydrogen) atoms. The topological polar surface area (TPSA) is 37.3 Å². The lowest BCUT2D eigenvalue weighted by Crippen LogP contribution is -2.20. The van der Waals surface area contributed by atoms with Gasteiger partial charge in [-0.25, -0.2) is 0 Å². The van der Waals surface area contributed by atoms with Crippen LogP contribution in [0.4, 0.5) is 13.2 Å². The third-order valence-electron chi connectivity index (χ3n) is 2.52. The van der Waals surface area contributed by atoms with E-state index >= 15 is 0 Å². The molecule has 1 aromatic carbocycles. The standard InChI is InChI=1S/C12H13F3O2/c1-2-8-3-5-9(6-4-8)10(11(16)17)7-12(13,14)15/h3-6,10H,2,7H2,1H3,(H,16,17). The van der Waals surface area contributed by atoms with Crippen molar-refractivity contribution in [3.05, 3.63) is 35.4 Å². The summed E-state index contributed by atoms with van der Waals surface area (Å²) in [4.78, 5) is 10.8. The minimum Gasteiger partial charge on any atom is -0.481 e. The Morgan fingerprint density at radius 1 is 1.29 bits per heavy atom. The molecule has 0 saturated carbocycles. The first-order chi connectivity index (χ1) is 7.83. The normalized spacial score (nSPS) is 13.4. The van der Waals surface area contributed by atoms with E-state index in [-0.39, 0.29) is 5.56 Å². The van der Waals surface area contributed by atoms with Gasteiger partial charge >= 0.3 is 12.1 Å². The number of rotatable bonds is 4. The summed E-state index contributed by atoms with van der Waals surface area (Å²) in [6, 6.07) is 6.20. The average molecular weight is 246 g/mol. The van der Waals surface area contributed by atoms with Crippen LogP contribution in [0.3, 0.4) is 0 Å². The maximum Gasteiger partial charge on any atom is 0.390 e. The van der Waals surface area contributed by atoms with E-state index in [9.17, 15) is 18.0 Å². The van der Waals surface area contributed by atoms with E-state index in [1.54, 1.807) is 12.1 Å². The first-order valence-electron chi connectivity index (χ1n) is 5.22. The highest BCUT2D eigenvalue weighted by Gasteiger charge is 2.36. The van der Waals surface area contributed by atoms with Crippen LogP contribution in [0.15, 0.2) is 24.3 Å². The van der Waals surface area contributed by atoms with E-state index in [1.165, 1.54) is 12.1 Å². The van der Waals surface area contributed by atoms with Crippen LogP contribution >= 0.6 is 0 Å². The molecule has 2 nitrogen and oxygen atoms in total. The van der Waals surface area contributed by atoms with Crippen LogP contribution in [0.5, 0.6) is 0 Å². The molecule has 1 N–H and O–H groups in total. The van der Waals surface area contributed by atoms with Gasteiger partial charge in [0.2, 0.25) is 0 Å². The largest absolute Gasteiger partial charge is 0.481 e. The zero-order valence-corrected chi connectivity index (χ0v) is 9.29. The van der Waals surface area contributed by atoms with E-state index in [2.05, 4.69) is 0 Å². The monoisotopic (exact) mass is 246 g/mol. The molecule has 0 saturated heterocycles. The number of halogens is 3. The first-order valence-corrected chi connectivity index (χ1v) is 5.22. The fourth-order valence-electron chi connectivity index (χ4n) is 1.56. The number of carboxylic acids is 1. The number of alkyl halides is 3. The molecular weight excluding hydrogens is 233 g/mol. The van der Waals surface area contributed by atoms with Crippen LogP contribution in [-0.4, -0.2) is 17.3 Å². The highest BCUT2D eigenvalue weighted by molar-refractivity contribution is 5.76. The Morgan fingerprint density at radius 3 is 2.18 bits per heavy atom. The highest BCUT2D eigenvalue weighted by Crippen LogP contribution is 2.31. The second-order valence-corrected chi connectivity index (χ2v) is 3.81. The van der Waals surface area contributed by atoms with Crippen LogP contribution in [0.25, 0.3) is 0 Å². The van der Waals surface area contributed by atoms with Crippen molar-refractivity contribution in [3.8, 4) is 0 Å². The molecule has 1 aromatic rings. The number of hydrogen-bond donors (Lipinski definition) is 1. The fraction of sp³-hybridized carbons (Fsp3) is 0.417. The summed E-state index contributed by atoms with van der Waals surface area (Å²) in [5.74, 6) is -2.98. The summed E-state index contributed by atoms with van der Waals surface area (Å²) >= 11 is 0. The number of carbonyl (C=O) groups is 1. The van der Waals surface area contributed by atoms with Crippen molar-refractivity contribution in [3.63, 3.8) is 0 Å². The van der Waals surface area contributed by atoms with Crippen LogP contribution in [0, 0.1) is 0 Å². The van der Waals surface area contributed by atoms with Gasteiger partial charge in [-0.05, 0) is 17.5 Å². The molecule has 0 amide bonds. The molecule has 0 fully saturated rings. The third kappa shape index (κ3) is 4.09. The Bertz CT molecular complexity index is 382. The zero-order valence-electron chi connectivity index (χ0n) is 9.29. The zero-order chi connectivity index (χ0) is 13.1. The predicted molar refractivity (Wildman–Crippen MR) is 56.9 cm³/mol. The van der Waals surface area contributed by atoms with Crippen LogP contribution in [0.1, 0.15) is 30.4 Å². The molecule has 0 aromatic heterocycles. The molecule has 0 aliphatic heterocycles. The van der Waals surface area contributed by atoms with Crippen molar-refractivity contribution in [1.29, 1.82) is 0 Å². The lowest BCUT2D eigenvalue weighted by atomic mass is 9.94. The number of benzene rings is 1. The Balaban J connectivity index is 2.94. The van der Waals surface area contributed by atoms with Gasteiger partial charge in [0.1, 0.15) is 0 Å². The van der Waals surface area contributed by atoms with Gasteiger partial charge in [-0.2, -0.15) is 13.2 Å². The molecule has 5 heteroatoms.